The van der Waals surface area contributed by atoms with Crippen LogP contribution in [-0.2, 0) is 0 Å². The molecule has 3 aromatic rings. The van der Waals surface area contributed by atoms with E-state index in [1.165, 1.54) is 0 Å². The van der Waals surface area contributed by atoms with Gasteiger partial charge in [-0.05, 0) is 36.8 Å². The van der Waals surface area contributed by atoms with Gasteiger partial charge in [0.25, 0.3) is 0 Å². The number of hydrogen-bond acceptors (Lipinski definition) is 5. The maximum atomic E-state index is 6.06. The monoisotopic (exact) mass is 332 g/mol. The Morgan fingerprint density at radius 2 is 2.08 bits per heavy atom. The molecule has 25 heavy (non-hydrogen) atoms. The number of imidazole rings is 1. The number of aryl methyl sites for hydroxylation is 1. The van der Waals surface area contributed by atoms with E-state index in [9.17, 15) is 0 Å². The molecule has 1 aromatic carbocycles. The van der Waals surface area contributed by atoms with Crippen LogP contribution in [0.3, 0.4) is 0 Å². The first-order chi connectivity index (χ1) is 12.0. The Bertz CT molecular complexity index is 1060. The number of nitrogens with two attached hydrogens (primary N) is 1. The highest BCUT2D eigenvalue weighted by Crippen LogP contribution is 2.27. The lowest BCUT2D eigenvalue weighted by atomic mass is 10.1. The molecule has 0 atom stereocenters. The molecule has 0 radical (unpaired) electrons. The van der Waals surface area contributed by atoms with E-state index in [1.807, 2.05) is 55.4 Å². The van der Waals surface area contributed by atoms with E-state index in [0.29, 0.717) is 17.3 Å². The number of nitrogen functional groups attached to an aromatic ring is 1. The summed E-state index contributed by atoms with van der Waals surface area (Å²) in [4.78, 5) is 18.8. The van der Waals surface area contributed by atoms with Crippen molar-refractivity contribution in [2.24, 2.45) is 0 Å². The molecule has 6 nitrogen and oxygen atoms in total. The van der Waals surface area contributed by atoms with Gasteiger partial charge in [-0.25, -0.2) is 15.0 Å². The normalized spacial score (nSPS) is 14.2. The second kappa shape index (κ2) is 5.59. The Labute approximate surface area is 146 Å². The fourth-order valence-corrected chi connectivity index (χ4v) is 2.74. The van der Waals surface area contributed by atoms with Crippen molar-refractivity contribution in [2.75, 3.05) is 12.8 Å². The summed E-state index contributed by atoms with van der Waals surface area (Å²) in [7, 11) is 1.94. The van der Waals surface area contributed by atoms with Crippen LogP contribution in [-0.4, -0.2) is 31.9 Å². The average molecular weight is 332 g/mol. The number of H-pyrrole nitrogens is 1. The topological polar surface area (TPSA) is 83.7 Å². The first-order valence-electron chi connectivity index (χ1n) is 7.92. The molecule has 4 rings (SSSR count). The summed E-state index contributed by atoms with van der Waals surface area (Å²) in [5.74, 6) is 0.961. The number of allylic oxidation sites excluding steroid dienone is 3. The highest BCUT2D eigenvalue weighted by molar-refractivity contribution is 5.82. The van der Waals surface area contributed by atoms with Gasteiger partial charge in [-0.2, -0.15) is 0 Å². The number of aromatic amines is 1. The molecule has 2 aromatic heterocycles. The summed E-state index contributed by atoms with van der Waals surface area (Å²) in [6.45, 7) is 6.00. The first-order valence-corrected chi connectivity index (χ1v) is 7.92. The van der Waals surface area contributed by atoms with Crippen molar-refractivity contribution in [3.63, 3.8) is 0 Å². The zero-order chi connectivity index (χ0) is 17.6. The molecule has 0 bridgehead atoms. The molecular formula is C19H20N6. The largest absolute Gasteiger partial charge is 0.382 e. The third-order valence-corrected chi connectivity index (χ3v) is 4.20. The summed E-state index contributed by atoms with van der Waals surface area (Å²) in [6, 6.07) is 6.05. The summed E-state index contributed by atoms with van der Waals surface area (Å²) in [5.41, 5.74) is 12.2. The number of nitrogens with one attached hydrogen (secondary N) is 1. The predicted octanol–water partition coefficient (Wildman–Crippen LogP) is 3.51. The Morgan fingerprint density at radius 1 is 1.24 bits per heavy atom. The summed E-state index contributed by atoms with van der Waals surface area (Å²) >= 11 is 0. The average Bonchev–Trinajstić information content (AvgIpc) is 3.00. The van der Waals surface area contributed by atoms with Gasteiger partial charge >= 0.3 is 0 Å². The minimum atomic E-state index is 0. The van der Waals surface area contributed by atoms with E-state index in [0.717, 1.165) is 33.6 Å². The van der Waals surface area contributed by atoms with Crippen molar-refractivity contribution in [1.82, 2.24) is 24.8 Å². The molecule has 3 N–H and O–H groups in total. The number of anilines is 1. The maximum absolute atomic E-state index is 6.06. The number of nitrogens with zero attached hydrogens (tertiary/aromatic N) is 4. The SMILES string of the molecule is C=C1C=CC(c2cnc(N)c(-c3nc4ccc(C)cc4[nH]3)n2)=CN1C.[HH]. The molecule has 1 aliphatic heterocycles. The van der Waals surface area contributed by atoms with Crippen LogP contribution in [0.1, 0.15) is 12.7 Å². The Hall–Kier alpha value is -3.41. The minimum Gasteiger partial charge on any atom is -0.382 e. The second-order valence-corrected chi connectivity index (χ2v) is 6.12. The van der Waals surface area contributed by atoms with Crippen LogP contribution >= 0.6 is 0 Å². The predicted molar refractivity (Wildman–Crippen MR) is 102 cm³/mol. The number of aromatic nitrogens is 4. The van der Waals surface area contributed by atoms with Gasteiger partial charge in [-0.15, -0.1) is 0 Å². The molecule has 0 amide bonds. The van der Waals surface area contributed by atoms with E-state index in [2.05, 4.69) is 26.5 Å². The molecule has 0 saturated carbocycles. The Balaban J connectivity index is 0.00000196. The second-order valence-electron chi connectivity index (χ2n) is 6.12. The lowest BCUT2D eigenvalue weighted by Crippen LogP contribution is -2.12. The van der Waals surface area contributed by atoms with Crippen molar-refractivity contribution >= 4 is 22.4 Å². The molecule has 0 aliphatic carbocycles. The zero-order valence-corrected chi connectivity index (χ0v) is 14.1. The van der Waals surface area contributed by atoms with E-state index in [-0.39, 0.29) is 1.43 Å². The molecule has 0 spiro atoms. The fourth-order valence-electron chi connectivity index (χ4n) is 2.74. The Morgan fingerprint density at radius 3 is 2.88 bits per heavy atom. The van der Waals surface area contributed by atoms with E-state index in [4.69, 9.17) is 5.73 Å². The van der Waals surface area contributed by atoms with Crippen LogP contribution in [0.5, 0.6) is 0 Å². The van der Waals surface area contributed by atoms with Crippen LogP contribution < -0.4 is 5.73 Å². The summed E-state index contributed by atoms with van der Waals surface area (Å²) in [6.07, 6.45) is 7.55. The van der Waals surface area contributed by atoms with Crippen molar-refractivity contribution in [3.05, 3.63) is 66.3 Å². The molecule has 6 heteroatoms. The molecule has 126 valence electrons. The van der Waals surface area contributed by atoms with Crippen molar-refractivity contribution in [1.29, 1.82) is 0 Å². The van der Waals surface area contributed by atoms with E-state index < -0.39 is 0 Å². The van der Waals surface area contributed by atoms with Crippen molar-refractivity contribution < 1.29 is 1.43 Å². The van der Waals surface area contributed by atoms with Crippen LogP contribution in [0.4, 0.5) is 5.82 Å². The molecule has 0 fully saturated rings. The first kappa shape index (κ1) is 15.1. The number of fused-ring (bicyclic) bond motifs is 1. The van der Waals surface area contributed by atoms with Gasteiger partial charge in [0.15, 0.2) is 11.6 Å². The van der Waals surface area contributed by atoms with Crippen LogP contribution in [0, 0.1) is 6.92 Å². The maximum Gasteiger partial charge on any atom is 0.161 e. The van der Waals surface area contributed by atoms with Gasteiger partial charge in [0.2, 0.25) is 0 Å². The van der Waals surface area contributed by atoms with Crippen molar-refractivity contribution in [3.8, 4) is 11.5 Å². The van der Waals surface area contributed by atoms with Gasteiger partial charge in [0.05, 0.1) is 22.9 Å². The van der Waals surface area contributed by atoms with Gasteiger partial charge < -0.3 is 15.6 Å². The molecule has 1 aliphatic rings. The molecule has 0 saturated heterocycles. The van der Waals surface area contributed by atoms with E-state index >= 15 is 0 Å². The lowest BCUT2D eigenvalue weighted by Gasteiger charge is -2.20. The molecule has 0 unspecified atom stereocenters. The lowest BCUT2D eigenvalue weighted by molar-refractivity contribution is 0.589. The smallest absolute Gasteiger partial charge is 0.161 e. The number of hydrogen-bond donors (Lipinski definition) is 2. The van der Waals surface area contributed by atoms with Gasteiger partial charge in [-0.3, -0.25) is 0 Å². The van der Waals surface area contributed by atoms with Gasteiger partial charge in [0.1, 0.15) is 5.69 Å². The summed E-state index contributed by atoms with van der Waals surface area (Å²) in [5, 5.41) is 0. The molecular weight excluding hydrogens is 312 g/mol. The molecule has 3 heterocycles. The zero-order valence-electron chi connectivity index (χ0n) is 14.1. The van der Waals surface area contributed by atoms with E-state index in [1.54, 1.807) is 6.20 Å². The third-order valence-electron chi connectivity index (χ3n) is 4.20. The highest BCUT2D eigenvalue weighted by Gasteiger charge is 2.15. The highest BCUT2D eigenvalue weighted by atomic mass is 15.1. The van der Waals surface area contributed by atoms with Crippen LogP contribution in [0.15, 0.2) is 55.0 Å². The minimum absolute atomic E-state index is 0. The third kappa shape index (κ3) is 2.67. The number of rotatable bonds is 2. The number of likely N-dealkylation sites (N-methyl/N-ethyl adjacent to an activating group) is 1. The number of benzene rings is 1. The van der Waals surface area contributed by atoms with Crippen LogP contribution in [0.2, 0.25) is 0 Å². The fraction of sp³-hybridized carbons (Fsp3) is 0.105. The van der Waals surface area contributed by atoms with Crippen molar-refractivity contribution in [2.45, 2.75) is 6.92 Å². The van der Waals surface area contributed by atoms with Gasteiger partial charge in [0, 0.05) is 25.9 Å². The standard InChI is InChI=1S/C19H18N6.H2/c1-11-4-7-14-15(8-11)24-19(23-14)17-18(20)21-9-16(22-17)13-6-5-12(2)25(3)10-13;/h4-10H,2H2,1,3H3,(H2,20,21)(H,23,24);1H. The quantitative estimate of drug-likeness (QED) is 0.750. The summed E-state index contributed by atoms with van der Waals surface area (Å²) < 4.78 is 0. The Kier molecular flexibility index (Phi) is 3.39. The van der Waals surface area contributed by atoms with Crippen LogP contribution in [0.25, 0.3) is 28.1 Å². The van der Waals surface area contributed by atoms with Gasteiger partial charge in [-0.1, -0.05) is 12.6 Å².